The lowest BCUT2D eigenvalue weighted by Crippen LogP contribution is -2.51. The van der Waals surface area contributed by atoms with Gasteiger partial charge in [0.15, 0.2) is 9.84 Å². The third-order valence-electron chi connectivity index (χ3n) is 3.25. The Kier molecular flexibility index (Phi) is 1.53. The fraction of sp³-hybridized carbons (Fsp3) is 1.00. The van der Waals surface area contributed by atoms with Crippen molar-refractivity contribution in [3.05, 3.63) is 0 Å². The molecule has 2 aliphatic rings. The van der Waals surface area contributed by atoms with Crippen molar-refractivity contribution in [3.8, 4) is 0 Å². The van der Waals surface area contributed by atoms with E-state index in [1.807, 2.05) is 0 Å². The molecule has 64 valence electrons. The molecule has 0 atom stereocenters. The van der Waals surface area contributed by atoms with Crippen LogP contribution in [0.3, 0.4) is 0 Å². The highest BCUT2D eigenvalue weighted by atomic mass is 32.2. The van der Waals surface area contributed by atoms with E-state index in [4.69, 9.17) is 0 Å². The van der Waals surface area contributed by atoms with Gasteiger partial charge in [-0.2, -0.15) is 0 Å². The SMILES string of the molecule is O=S1(=O)CCC12CCCCC2. The lowest BCUT2D eigenvalue weighted by Gasteiger charge is -2.43. The maximum absolute atomic E-state index is 11.4. The average molecular weight is 174 g/mol. The van der Waals surface area contributed by atoms with Gasteiger partial charge in [0.05, 0.1) is 10.5 Å². The average Bonchev–Trinajstić information content (AvgIpc) is 2.04. The molecule has 0 radical (unpaired) electrons. The van der Waals surface area contributed by atoms with Gasteiger partial charge in [0.25, 0.3) is 0 Å². The molecule has 11 heavy (non-hydrogen) atoms. The first-order valence-corrected chi connectivity index (χ1v) is 6.04. The Hall–Kier alpha value is -0.0500. The molecule has 1 saturated heterocycles. The van der Waals surface area contributed by atoms with Crippen LogP contribution in [0, 0.1) is 0 Å². The molecule has 0 unspecified atom stereocenters. The standard InChI is InChI=1S/C8H14O2S/c9-11(10)7-6-8(11)4-2-1-3-5-8/h1-7H2. The molecular weight excluding hydrogens is 160 g/mol. The van der Waals surface area contributed by atoms with Gasteiger partial charge in [-0.05, 0) is 19.3 Å². The van der Waals surface area contributed by atoms with E-state index in [9.17, 15) is 8.42 Å². The van der Waals surface area contributed by atoms with E-state index in [1.54, 1.807) is 0 Å². The Morgan fingerprint density at radius 3 is 1.82 bits per heavy atom. The molecule has 1 spiro atoms. The van der Waals surface area contributed by atoms with E-state index < -0.39 is 9.84 Å². The van der Waals surface area contributed by atoms with E-state index in [1.165, 1.54) is 6.42 Å². The smallest absolute Gasteiger partial charge is 0.156 e. The van der Waals surface area contributed by atoms with E-state index in [-0.39, 0.29) is 4.75 Å². The van der Waals surface area contributed by atoms with Crippen molar-refractivity contribution in [2.75, 3.05) is 5.75 Å². The zero-order chi connectivity index (χ0) is 7.95. The van der Waals surface area contributed by atoms with Crippen LogP contribution < -0.4 is 0 Å². The van der Waals surface area contributed by atoms with E-state index >= 15 is 0 Å². The van der Waals surface area contributed by atoms with Crippen LogP contribution in [0.1, 0.15) is 38.5 Å². The third-order valence-corrected chi connectivity index (χ3v) is 5.92. The van der Waals surface area contributed by atoms with Gasteiger partial charge in [0.2, 0.25) is 0 Å². The van der Waals surface area contributed by atoms with Crippen LogP contribution in [-0.4, -0.2) is 18.9 Å². The highest BCUT2D eigenvalue weighted by molar-refractivity contribution is 7.94. The van der Waals surface area contributed by atoms with Gasteiger partial charge in [-0.3, -0.25) is 0 Å². The summed E-state index contributed by atoms with van der Waals surface area (Å²) in [5.74, 6) is 0.451. The van der Waals surface area contributed by atoms with Crippen LogP contribution in [0.25, 0.3) is 0 Å². The Balaban J connectivity index is 2.22. The Morgan fingerprint density at radius 2 is 1.55 bits per heavy atom. The molecule has 1 aliphatic heterocycles. The molecular formula is C8H14O2S. The second-order valence-corrected chi connectivity index (χ2v) is 6.32. The summed E-state index contributed by atoms with van der Waals surface area (Å²) < 4.78 is 22.6. The minimum atomic E-state index is -2.64. The molecule has 1 aliphatic carbocycles. The molecule has 0 amide bonds. The summed E-state index contributed by atoms with van der Waals surface area (Å²) in [6.07, 6.45) is 6.30. The molecule has 0 N–H and O–H groups in total. The zero-order valence-corrected chi connectivity index (χ0v) is 7.49. The zero-order valence-electron chi connectivity index (χ0n) is 6.67. The summed E-state index contributed by atoms with van der Waals surface area (Å²) in [6.45, 7) is 0. The largest absolute Gasteiger partial charge is 0.228 e. The molecule has 0 bridgehead atoms. The predicted molar refractivity (Wildman–Crippen MR) is 44.2 cm³/mol. The molecule has 2 rings (SSSR count). The molecule has 1 heterocycles. The van der Waals surface area contributed by atoms with Gasteiger partial charge in [-0.1, -0.05) is 19.3 Å². The molecule has 2 nitrogen and oxygen atoms in total. The first-order valence-electron chi connectivity index (χ1n) is 4.39. The molecule has 3 heteroatoms. The highest BCUT2D eigenvalue weighted by Crippen LogP contribution is 2.45. The van der Waals surface area contributed by atoms with E-state index in [2.05, 4.69) is 0 Å². The second-order valence-electron chi connectivity index (χ2n) is 3.81. The summed E-state index contributed by atoms with van der Waals surface area (Å²) in [7, 11) is -2.64. The van der Waals surface area contributed by atoms with Gasteiger partial charge >= 0.3 is 0 Å². The van der Waals surface area contributed by atoms with Crippen LogP contribution in [0.2, 0.25) is 0 Å². The van der Waals surface area contributed by atoms with Gasteiger partial charge in [-0.25, -0.2) is 8.42 Å². The number of sulfone groups is 1. The molecule has 0 aromatic heterocycles. The second kappa shape index (κ2) is 2.22. The molecule has 0 aromatic carbocycles. The van der Waals surface area contributed by atoms with Gasteiger partial charge in [-0.15, -0.1) is 0 Å². The van der Waals surface area contributed by atoms with Gasteiger partial charge < -0.3 is 0 Å². The Bertz CT molecular complexity index is 247. The summed E-state index contributed by atoms with van der Waals surface area (Å²) >= 11 is 0. The van der Waals surface area contributed by atoms with Crippen LogP contribution in [0.4, 0.5) is 0 Å². The van der Waals surface area contributed by atoms with E-state index in [0.29, 0.717) is 5.75 Å². The maximum atomic E-state index is 11.4. The van der Waals surface area contributed by atoms with Crippen molar-refractivity contribution in [1.82, 2.24) is 0 Å². The van der Waals surface area contributed by atoms with Crippen LogP contribution in [0.15, 0.2) is 0 Å². The quantitative estimate of drug-likeness (QED) is 0.558. The Labute approximate surface area is 67.9 Å². The minimum absolute atomic E-state index is 0.231. The number of hydrogen-bond acceptors (Lipinski definition) is 2. The predicted octanol–water partition coefficient (Wildman–Crippen LogP) is 1.51. The minimum Gasteiger partial charge on any atom is -0.228 e. The van der Waals surface area contributed by atoms with E-state index in [0.717, 1.165) is 32.1 Å². The van der Waals surface area contributed by atoms with Crippen molar-refractivity contribution in [2.24, 2.45) is 0 Å². The lowest BCUT2D eigenvalue weighted by atomic mass is 9.86. The molecule has 1 saturated carbocycles. The topological polar surface area (TPSA) is 34.1 Å². The number of hydrogen-bond donors (Lipinski definition) is 0. The first kappa shape index (κ1) is 7.59. The molecule has 2 fully saturated rings. The van der Waals surface area contributed by atoms with Gasteiger partial charge in [0.1, 0.15) is 0 Å². The van der Waals surface area contributed by atoms with Crippen molar-refractivity contribution < 1.29 is 8.42 Å². The van der Waals surface area contributed by atoms with Crippen molar-refractivity contribution in [2.45, 2.75) is 43.3 Å². The summed E-state index contributed by atoms with van der Waals surface area (Å²) in [6, 6.07) is 0. The summed E-state index contributed by atoms with van der Waals surface area (Å²) in [5, 5.41) is 0. The lowest BCUT2D eigenvalue weighted by molar-refractivity contribution is 0.337. The fourth-order valence-electron chi connectivity index (χ4n) is 2.31. The third kappa shape index (κ3) is 0.934. The van der Waals surface area contributed by atoms with Crippen LogP contribution >= 0.6 is 0 Å². The summed E-state index contributed by atoms with van der Waals surface area (Å²) in [4.78, 5) is 0. The maximum Gasteiger partial charge on any atom is 0.156 e. The van der Waals surface area contributed by atoms with Crippen molar-refractivity contribution >= 4 is 9.84 Å². The Morgan fingerprint density at radius 1 is 0.909 bits per heavy atom. The fourth-order valence-corrected chi connectivity index (χ4v) is 4.34. The summed E-state index contributed by atoms with van der Waals surface area (Å²) in [5.41, 5.74) is 0. The first-order chi connectivity index (χ1) is 5.16. The number of rotatable bonds is 0. The monoisotopic (exact) mass is 174 g/mol. The van der Waals surface area contributed by atoms with Crippen LogP contribution in [-0.2, 0) is 9.84 Å². The van der Waals surface area contributed by atoms with Crippen molar-refractivity contribution in [3.63, 3.8) is 0 Å². The van der Waals surface area contributed by atoms with Gasteiger partial charge in [0, 0.05) is 0 Å². The van der Waals surface area contributed by atoms with Crippen LogP contribution in [0.5, 0.6) is 0 Å². The van der Waals surface area contributed by atoms with Crippen molar-refractivity contribution in [1.29, 1.82) is 0 Å². The normalized spacial score (nSPS) is 33.1. The highest BCUT2D eigenvalue weighted by Gasteiger charge is 2.51. The molecule has 0 aromatic rings.